The summed E-state index contributed by atoms with van der Waals surface area (Å²) in [7, 11) is 1.56. The van der Waals surface area contributed by atoms with Gasteiger partial charge in [-0.3, -0.25) is 19.6 Å². The Kier molecular flexibility index (Phi) is 6.54. The summed E-state index contributed by atoms with van der Waals surface area (Å²) in [6.45, 7) is -0.364. The Morgan fingerprint density at radius 2 is 1.89 bits per heavy atom. The minimum atomic E-state index is -4.59. The zero-order chi connectivity index (χ0) is 26.3. The van der Waals surface area contributed by atoms with Gasteiger partial charge in [0.25, 0.3) is 18.2 Å². The molecule has 1 aromatic heterocycles. The van der Waals surface area contributed by atoms with Crippen LogP contribution in [0, 0.1) is 0 Å². The predicted octanol–water partition coefficient (Wildman–Crippen LogP) is 2.66. The second kappa shape index (κ2) is 9.32. The van der Waals surface area contributed by atoms with Crippen LogP contribution in [0.15, 0.2) is 54.7 Å². The monoisotopic (exact) mass is 509 g/mol. The van der Waals surface area contributed by atoms with Crippen molar-refractivity contribution in [2.45, 2.75) is 24.5 Å². The number of hydrogen-bond acceptors (Lipinski definition) is 5. The molecule has 0 aliphatic carbocycles. The van der Waals surface area contributed by atoms with Crippen LogP contribution >= 0.6 is 0 Å². The Balaban J connectivity index is 1.68. The highest BCUT2D eigenvalue weighted by Crippen LogP contribution is 2.34. The number of carbonyl (C=O) groups excluding carboxylic acids is 2. The summed E-state index contributed by atoms with van der Waals surface area (Å²) in [5, 5.41) is 21.5. The molecule has 0 spiro atoms. The quantitative estimate of drug-likeness (QED) is 0.382. The SMILES string of the molecule is Cn1nccc1C1(CNC(=O)c2ccc(C(F)F)cc2-c2ccc(C(F)(F)F)cc2)NC(O)NC1=O. The number of benzene rings is 2. The number of aryl methyl sites for hydroxylation is 1. The zero-order valence-corrected chi connectivity index (χ0v) is 18.6. The van der Waals surface area contributed by atoms with Gasteiger partial charge in [-0.2, -0.15) is 18.3 Å². The molecule has 1 saturated heterocycles. The number of nitrogens with zero attached hydrogens (tertiary/aromatic N) is 2. The van der Waals surface area contributed by atoms with Crippen LogP contribution in [0.4, 0.5) is 22.0 Å². The fourth-order valence-corrected chi connectivity index (χ4v) is 4.07. The first-order valence-electron chi connectivity index (χ1n) is 10.6. The van der Waals surface area contributed by atoms with Crippen molar-refractivity contribution in [1.82, 2.24) is 25.7 Å². The summed E-state index contributed by atoms with van der Waals surface area (Å²) in [6, 6.07) is 8.47. The predicted molar refractivity (Wildman–Crippen MR) is 116 cm³/mol. The van der Waals surface area contributed by atoms with Crippen LogP contribution in [0.3, 0.4) is 0 Å². The molecule has 2 aromatic carbocycles. The summed E-state index contributed by atoms with van der Waals surface area (Å²) < 4.78 is 67.0. The Morgan fingerprint density at radius 3 is 2.42 bits per heavy atom. The third-order valence-corrected chi connectivity index (χ3v) is 5.87. The van der Waals surface area contributed by atoms with E-state index < -0.39 is 47.4 Å². The molecule has 0 bridgehead atoms. The lowest BCUT2D eigenvalue weighted by molar-refractivity contribution is -0.137. The number of rotatable bonds is 6. The summed E-state index contributed by atoms with van der Waals surface area (Å²) in [4.78, 5) is 25.9. The molecule has 4 N–H and O–H groups in total. The van der Waals surface area contributed by atoms with Crippen LogP contribution in [0.1, 0.15) is 33.6 Å². The number of aliphatic hydroxyl groups excluding tert-OH is 1. The number of aromatic nitrogens is 2. The molecule has 1 fully saturated rings. The summed E-state index contributed by atoms with van der Waals surface area (Å²) >= 11 is 0. The molecule has 8 nitrogen and oxygen atoms in total. The van der Waals surface area contributed by atoms with Crippen LogP contribution < -0.4 is 16.0 Å². The van der Waals surface area contributed by atoms with Gasteiger partial charge in [0.2, 0.25) is 0 Å². The van der Waals surface area contributed by atoms with Gasteiger partial charge in [0, 0.05) is 24.4 Å². The second-order valence-corrected chi connectivity index (χ2v) is 8.13. The second-order valence-electron chi connectivity index (χ2n) is 8.13. The fourth-order valence-electron chi connectivity index (χ4n) is 4.07. The van der Waals surface area contributed by atoms with Gasteiger partial charge in [-0.25, -0.2) is 8.78 Å². The molecular formula is C23H20F5N5O3. The summed E-state index contributed by atoms with van der Waals surface area (Å²) in [6.07, 6.45) is -7.46. The van der Waals surface area contributed by atoms with E-state index in [1.165, 1.54) is 16.9 Å². The normalized spacial score (nSPS) is 20.0. The first kappa shape index (κ1) is 25.3. The third-order valence-electron chi connectivity index (χ3n) is 5.87. The van der Waals surface area contributed by atoms with Crippen LogP contribution in [0.25, 0.3) is 11.1 Å². The number of nitrogens with one attached hydrogen (secondary N) is 3. The molecule has 2 atom stereocenters. The van der Waals surface area contributed by atoms with E-state index in [0.29, 0.717) is 5.69 Å². The molecule has 190 valence electrons. The Morgan fingerprint density at radius 1 is 1.19 bits per heavy atom. The van der Waals surface area contributed by atoms with Crippen molar-refractivity contribution in [1.29, 1.82) is 0 Å². The van der Waals surface area contributed by atoms with Crippen LogP contribution in [-0.2, 0) is 23.6 Å². The maximum Gasteiger partial charge on any atom is 0.416 e. The van der Waals surface area contributed by atoms with Crippen molar-refractivity contribution in [2.75, 3.05) is 6.54 Å². The van der Waals surface area contributed by atoms with E-state index in [-0.39, 0.29) is 23.2 Å². The van der Waals surface area contributed by atoms with Crippen LogP contribution in [-0.4, -0.2) is 39.6 Å². The Hall–Kier alpha value is -3.84. The van der Waals surface area contributed by atoms with Gasteiger partial charge in [0.15, 0.2) is 11.9 Å². The number of aliphatic hydroxyl groups is 1. The first-order valence-corrected chi connectivity index (χ1v) is 10.6. The first-order chi connectivity index (χ1) is 16.9. The van der Waals surface area contributed by atoms with E-state index >= 15 is 0 Å². The Bertz CT molecular complexity index is 1290. The van der Waals surface area contributed by atoms with Gasteiger partial charge >= 0.3 is 6.18 Å². The van der Waals surface area contributed by atoms with E-state index in [1.54, 1.807) is 7.05 Å². The summed E-state index contributed by atoms with van der Waals surface area (Å²) in [5.41, 5.74) is -2.63. The molecular weight excluding hydrogens is 489 g/mol. The van der Waals surface area contributed by atoms with Gasteiger partial charge in [0.05, 0.1) is 17.8 Å². The van der Waals surface area contributed by atoms with E-state index in [9.17, 15) is 36.6 Å². The van der Waals surface area contributed by atoms with Crippen LogP contribution in [0.5, 0.6) is 0 Å². The average Bonchev–Trinajstić information content (AvgIpc) is 3.38. The third kappa shape index (κ3) is 4.66. The van der Waals surface area contributed by atoms with Crippen molar-refractivity contribution < 1.29 is 36.6 Å². The van der Waals surface area contributed by atoms with Gasteiger partial charge in [-0.1, -0.05) is 18.2 Å². The largest absolute Gasteiger partial charge is 0.416 e. The molecule has 1 aliphatic rings. The highest BCUT2D eigenvalue weighted by Gasteiger charge is 2.49. The fraction of sp³-hybridized carbons (Fsp3) is 0.261. The van der Waals surface area contributed by atoms with E-state index in [0.717, 1.165) is 42.5 Å². The molecule has 2 amide bonds. The number of halogens is 5. The van der Waals surface area contributed by atoms with Crippen molar-refractivity contribution >= 4 is 11.8 Å². The molecule has 3 aromatic rings. The Labute approximate surface area is 201 Å². The van der Waals surface area contributed by atoms with Gasteiger partial charge in [-0.05, 0) is 41.5 Å². The number of hydrogen-bond donors (Lipinski definition) is 4. The van der Waals surface area contributed by atoms with E-state index in [4.69, 9.17) is 0 Å². The van der Waals surface area contributed by atoms with E-state index in [1.807, 2.05) is 0 Å². The lowest BCUT2D eigenvalue weighted by Crippen LogP contribution is -2.54. The minimum absolute atomic E-state index is 0.0162. The average molecular weight is 509 g/mol. The van der Waals surface area contributed by atoms with Gasteiger partial charge < -0.3 is 15.7 Å². The number of carbonyl (C=O) groups is 2. The number of amides is 2. The molecule has 13 heteroatoms. The number of alkyl halides is 5. The highest BCUT2D eigenvalue weighted by atomic mass is 19.4. The summed E-state index contributed by atoms with van der Waals surface area (Å²) in [5.74, 6) is -1.42. The maximum atomic E-state index is 13.4. The highest BCUT2D eigenvalue weighted by molar-refractivity contribution is 6.01. The maximum absolute atomic E-state index is 13.4. The molecule has 0 radical (unpaired) electrons. The van der Waals surface area contributed by atoms with Crippen molar-refractivity contribution in [3.8, 4) is 11.1 Å². The molecule has 4 rings (SSSR count). The minimum Gasteiger partial charge on any atom is -0.361 e. The van der Waals surface area contributed by atoms with Crippen molar-refractivity contribution in [2.24, 2.45) is 7.05 Å². The zero-order valence-electron chi connectivity index (χ0n) is 18.6. The topological polar surface area (TPSA) is 108 Å². The van der Waals surface area contributed by atoms with E-state index in [2.05, 4.69) is 21.0 Å². The smallest absolute Gasteiger partial charge is 0.361 e. The molecule has 2 heterocycles. The standard InChI is InChI=1S/C23H20F5N5O3/c1-33-17(8-9-30-33)22(20(35)31-21(36)32-22)11-29-19(34)15-7-4-13(18(24)25)10-16(15)12-2-5-14(6-3-12)23(26,27)28/h2-10,18,21,32,36H,11H2,1H3,(H,29,34)(H,31,35). The molecule has 0 saturated carbocycles. The van der Waals surface area contributed by atoms with Gasteiger partial charge in [-0.15, -0.1) is 0 Å². The van der Waals surface area contributed by atoms with Crippen LogP contribution in [0.2, 0.25) is 0 Å². The lowest BCUT2D eigenvalue weighted by atomic mass is 9.93. The molecule has 2 unspecified atom stereocenters. The van der Waals surface area contributed by atoms with Gasteiger partial charge in [0.1, 0.15) is 0 Å². The molecule has 36 heavy (non-hydrogen) atoms. The lowest BCUT2D eigenvalue weighted by Gasteiger charge is -2.27. The van der Waals surface area contributed by atoms with Crippen molar-refractivity contribution in [3.63, 3.8) is 0 Å². The van der Waals surface area contributed by atoms with Crippen molar-refractivity contribution in [3.05, 3.63) is 77.1 Å². The molecule has 1 aliphatic heterocycles.